The van der Waals surface area contributed by atoms with Crippen LogP contribution in [0.2, 0.25) is 0 Å². The van der Waals surface area contributed by atoms with Crippen LogP contribution in [0.1, 0.15) is 24.0 Å². The number of anilines is 2. The van der Waals surface area contributed by atoms with E-state index in [4.69, 9.17) is 9.47 Å². The van der Waals surface area contributed by atoms with Crippen molar-refractivity contribution in [1.29, 1.82) is 0 Å². The minimum atomic E-state index is -3.86. The zero-order chi connectivity index (χ0) is 23.8. The van der Waals surface area contributed by atoms with Gasteiger partial charge in [0.1, 0.15) is 11.5 Å². The van der Waals surface area contributed by atoms with Gasteiger partial charge in [-0.1, -0.05) is 6.07 Å². The maximum atomic E-state index is 13.5. The minimum Gasteiger partial charge on any atom is -0.495 e. The Morgan fingerprint density at radius 1 is 1.24 bits per heavy atom. The second kappa shape index (κ2) is 9.03. The number of hydrogen-bond acceptors (Lipinski definition) is 6. The van der Waals surface area contributed by atoms with E-state index in [9.17, 15) is 18.0 Å². The number of piperidine rings is 1. The number of rotatable bonds is 5. The molecule has 0 bridgehead atoms. The summed E-state index contributed by atoms with van der Waals surface area (Å²) in [6, 6.07) is 8.53. The molecule has 0 aromatic heterocycles. The first-order valence-corrected chi connectivity index (χ1v) is 12.2. The van der Waals surface area contributed by atoms with Gasteiger partial charge in [0.2, 0.25) is 15.9 Å². The molecule has 176 valence electrons. The summed E-state index contributed by atoms with van der Waals surface area (Å²) in [6.07, 6.45) is 1.16. The lowest BCUT2D eigenvalue weighted by Gasteiger charge is -2.32. The third kappa shape index (κ3) is 4.67. The van der Waals surface area contributed by atoms with Gasteiger partial charge in [-0.05, 0) is 56.0 Å². The van der Waals surface area contributed by atoms with E-state index in [2.05, 4.69) is 10.6 Å². The highest BCUT2D eigenvalue weighted by atomic mass is 32.2. The fraction of sp³-hybridized carbons (Fsp3) is 0.391. The number of amides is 2. The number of aryl methyl sites for hydroxylation is 2. The van der Waals surface area contributed by atoms with Crippen LogP contribution in [0, 0.1) is 19.8 Å². The highest BCUT2D eigenvalue weighted by Crippen LogP contribution is 2.35. The van der Waals surface area contributed by atoms with E-state index < -0.39 is 15.9 Å². The van der Waals surface area contributed by atoms with Crippen molar-refractivity contribution in [3.63, 3.8) is 0 Å². The molecule has 2 aromatic rings. The zero-order valence-electron chi connectivity index (χ0n) is 18.8. The topological polar surface area (TPSA) is 114 Å². The number of nitrogens with zero attached hydrogens (tertiary/aromatic N) is 1. The van der Waals surface area contributed by atoms with Crippen LogP contribution in [0.3, 0.4) is 0 Å². The molecule has 1 fully saturated rings. The second-order valence-corrected chi connectivity index (χ2v) is 10.3. The van der Waals surface area contributed by atoms with Crippen molar-refractivity contribution in [2.75, 3.05) is 37.4 Å². The zero-order valence-corrected chi connectivity index (χ0v) is 19.6. The summed E-state index contributed by atoms with van der Waals surface area (Å²) in [4.78, 5) is 24.7. The molecule has 2 aromatic carbocycles. The molecular weight excluding hydrogens is 446 g/mol. The number of fused-ring (bicyclic) bond motifs is 1. The molecule has 0 aliphatic carbocycles. The van der Waals surface area contributed by atoms with Crippen molar-refractivity contribution in [3.8, 4) is 11.5 Å². The van der Waals surface area contributed by atoms with Crippen LogP contribution in [0.5, 0.6) is 11.5 Å². The molecule has 10 heteroatoms. The molecule has 1 atom stereocenters. The van der Waals surface area contributed by atoms with E-state index in [0.29, 0.717) is 47.8 Å². The van der Waals surface area contributed by atoms with Crippen molar-refractivity contribution in [2.45, 2.75) is 31.6 Å². The number of benzene rings is 2. The molecule has 4 rings (SSSR count). The maximum Gasteiger partial charge on any atom is 0.262 e. The molecule has 2 amide bonds. The Kier molecular flexibility index (Phi) is 6.31. The van der Waals surface area contributed by atoms with Crippen LogP contribution in [0.4, 0.5) is 11.4 Å². The summed E-state index contributed by atoms with van der Waals surface area (Å²) in [5, 5.41) is 5.58. The molecular formula is C23H27N3O6S. The summed E-state index contributed by atoms with van der Waals surface area (Å²) in [5.41, 5.74) is 2.48. The maximum absolute atomic E-state index is 13.5. The summed E-state index contributed by atoms with van der Waals surface area (Å²) < 4.78 is 39.0. The molecule has 2 heterocycles. The predicted octanol–water partition coefficient (Wildman–Crippen LogP) is 2.68. The van der Waals surface area contributed by atoms with Crippen LogP contribution in [-0.4, -0.2) is 51.3 Å². The summed E-state index contributed by atoms with van der Waals surface area (Å²) in [5.74, 6) is -0.158. The molecule has 0 saturated carbocycles. The predicted molar refractivity (Wildman–Crippen MR) is 123 cm³/mol. The van der Waals surface area contributed by atoms with E-state index in [0.717, 1.165) is 5.56 Å². The van der Waals surface area contributed by atoms with Crippen LogP contribution >= 0.6 is 0 Å². The van der Waals surface area contributed by atoms with Gasteiger partial charge in [-0.3, -0.25) is 9.59 Å². The Hall–Kier alpha value is -3.11. The van der Waals surface area contributed by atoms with Gasteiger partial charge in [0, 0.05) is 19.2 Å². The minimum absolute atomic E-state index is 0.0798. The van der Waals surface area contributed by atoms with Crippen molar-refractivity contribution in [3.05, 3.63) is 41.5 Å². The first-order chi connectivity index (χ1) is 15.7. The van der Waals surface area contributed by atoms with Crippen LogP contribution in [0.15, 0.2) is 35.2 Å². The Labute approximate surface area is 193 Å². The quantitative estimate of drug-likeness (QED) is 0.690. The van der Waals surface area contributed by atoms with Gasteiger partial charge in [0.15, 0.2) is 6.61 Å². The second-order valence-electron chi connectivity index (χ2n) is 8.35. The molecule has 9 nitrogen and oxygen atoms in total. The normalized spacial score (nSPS) is 18.6. The van der Waals surface area contributed by atoms with Gasteiger partial charge < -0.3 is 20.1 Å². The first kappa shape index (κ1) is 23.1. The Morgan fingerprint density at radius 2 is 2.03 bits per heavy atom. The number of methoxy groups -OCH3 is 1. The average Bonchev–Trinajstić information content (AvgIpc) is 2.78. The smallest absolute Gasteiger partial charge is 0.262 e. The van der Waals surface area contributed by atoms with Crippen LogP contribution in [-0.2, 0) is 19.6 Å². The standard InChI is InChI=1S/C23H27N3O6S/c1-14-6-7-19(31-3)17(9-14)25-23(28)16-5-4-8-26(12-16)33(29,30)21-11-20-18(10-15(21)2)24-22(27)13-32-20/h6-7,9-11,16H,4-5,8,12-13H2,1-3H3,(H,24,27)(H,25,28). The summed E-state index contributed by atoms with van der Waals surface area (Å²) in [6.45, 7) is 3.83. The number of sulfonamides is 1. The number of nitrogens with one attached hydrogen (secondary N) is 2. The fourth-order valence-electron chi connectivity index (χ4n) is 4.16. The summed E-state index contributed by atoms with van der Waals surface area (Å²) >= 11 is 0. The average molecular weight is 474 g/mol. The van der Waals surface area contributed by atoms with Gasteiger partial charge in [-0.2, -0.15) is 4.31 Å². The lowest BCUT2D eigenvalue weighted by Crippen LogP contribution is -2.44. The SMILES string of the molecule is COc1ccc(C)cc1NC(=O)C1CCCN(S(=O)(=O)c2cc3c(cc2C)NC(=O)CO3)C1. The lowest BCUT2D eigenvalue weighted by atomic mass is 9.98. The molecule has 1 saturated heterocycles. The van der Waals surface area contributed by atoms with Crippen LogP contribution in [0.25, 0.3) is 0 Å². The van der Waals surface area contributed by atoms with Gasteiger partial charge >= 0.3 is 0 Å². The van der Waals surface area contributed by atoms with E-state index in [1.165, 1.54) is 17.5 Å². The largest absolute Gasteiger partial charge is 0.495 e. The molecule has 0 radical (unpaired) electrons. The Bertz CT molecular complexity index is 1210. The first-order valence-electron chi connectivity index (χ1n) is 10.7. The third-order valence-corrected chi connectivity index (χ3v) is 7.90. The number of carbonyl (C=O) groups excluding carboxylic acids is 2. The van der Waals surface area contributed by atoms with Gasteiger partial charge in [-0.15, -0.1) is 0 Å². The molecule has 2 N–H and O–H groups in total. The Balaban J connectivity index is 1.54. The number of hydrogen-bond donors (Lipinski definition) is 2. The summed E-state index contributed by atoms with van der Waals surface area (Å²) in [7, 11) is -2.33. The number of ether oxygens (including phenoxy) is 2. The van der Waals surface area contributed by atoms with E-state index >= 15 is 0 Å². The van der Waals surface area contributed by atoms with Gasteiger partial charge in [0.05, 0.1) is 29.3 Å². The van der Waals surface area contributed by atoms with Crippen molar-refractivity contribution >= 4 is 33.2 Å². The van der Waals surface area contributed by atoms with Crippen LogP contribution < -0.4 is 20.1 Å². The third-order valence-electron chi connectivity index (χ3n) is 5.90. The molecule has 33 heavy (non-hydrogen) atoms. The molecule has 1 unspecified atom stereocenters. The lowest BCUT2D eigenvalue weighted by molar-refractivity contribution is -0.121. The highest BCUT2D eigenvalue weighted by molar-refractivity contribution is 7.89. The van der Waals surface area contributed by atoms with Crippen molar-refractivity contribution in [2.24, 2.45) is 5.92 Å². The van der Waals surface area contributed by atoms with E-state index in [1.54, 1.807) is 19.1 Å². The van der Waals surface area contributed by atoms with Gasteiger partial charge in [0.25, 0.3) is 5.91 Å². The van der Waals surface area contributed by atoms with E-state index in [1.807, 2.05) is 19.1 Å². The fourth-order valence-corrected chi connectivity index (χ4v) is 5.91. The van der Waals surface area contributed by atoms with Crippen molar-refractivity contribution < 1.29 is 27.5 Å². The highest BCUT2D eigenvalue weighted by Gasteiger charge is 2.35. The monoisotopic (exact) mass is 473 g/mol. The molecule has 0 spiro atoms. The molecule has 2 aliphatic heterocycles. The molecule has 2 aliphatic rings. The van der Waals surface area contributed by atoms with Crippen molar-refractivity contribution in [1.82, 2.24) is 4.31 Å². The van der Waals surface area contributed by atoms with Gasteiger partial charge in [-0.25, -0.2) is 8.42 Å². The van der Waals surface area contributed by atoms with E-state index in [-0.39, 0.29) is 29.9 Å². The Morgan fingerprint density at radius 3 is 2.79 bits per heavy atom. The number of carbonyl (C=O) groups is 2.